The summed E-state index contributed by atoms with van der Waals surface area (Å²) in [6, 6.07) is 27.0. The second-order valence-electron chi connectivity index (χ2n) is 7.31. The predicted octanol–water partition coefficient (Wildman–Crippen LogP) is 5.41. The minimum absolute atomic E-state index is 0.582. The quantitative estimate of drug-likeness (QED) is 0.486. The number of rotatable bonds is 6. The average molecular weight is 380 g/mol. The molecule has 4 heteroatoms. The molecule has 0 fully saturated rings. The third kappa shape index (κ3) is 5.26. The van der Waals surface area contributed by atoms with Crippen molar-refractivity contribution in [3.8, 4) is 0 Å². The molecule has 0 saturated heterocycles. The first-order valence-corrected chi connectivity index (χ1v) is 9.81. The van der Waals surface area contributed by atoms with Gasteiger partial charge in [0.25, 0.3) is 0 Å². The highest BCUT2D eigenvalue weighted by Crippen LogP contribution is 2.17. The fourth-order valence-corrected chi connectivity index (χ4v) is 3.20. The molecule has 0 radical (unpaired) electrons. The third-order valence-corrected chi connectivity index (χ3v) is 4.69. The van der Waals surface area contributed by atoms with E-state index < -0.39 is 0 Å². The maximum Gasteiger partial charge on any atom is 0.230 e. The molecule has 1 heterocycles. The van der Waals surface area contributed by atoms with E-state index in [1.54, 1.807) is 0 Å². The van der Waals surface area contributed by atoms with E-state index in [4.69, 9.17) is 4.98 Å². The van der Waals surface area contributed by atoms with E-state index in [9.17, 15) is 0 Å². The van der Waals surface area contributed by atoms with Crippen LogP contribution in [0.25, 0.3) is 0 Å². The molecule has 0 aliphatic carbocycles. The predicted molar refractivity (Wildman–Crippen MR) is 118 cm³/mol. The Balaban J connectivity index is 1.65. The van der Waals surface area contributed by atoms with Gasteiger partial charge in [0.2, 0.25) is 5.95 Å². The summed E-state index contributed by atoms with van der Waals surface area (Å²) >= 11 is 0. The summed E-state index contributed by atoms with van der Waals surface area (Å²) in [6.07, 6.45) is 1.35. The zero-order valence-electron chi connectivity index (χ0n) is 16.8. The lowest BCUT2D eigenvalue weighted by Gasteiger charge is -2.10. The first-order valence-electron chi connectivity index (χ1n) is 9.81. The number of hydrogen-bond acceptors (Lipinski definition) is 4. The van der Waals surface area contributed by atoms with E-state index in [0.717, 1.165) is 17.3 Å². The molecular weight excluding hydrogens is 356 g/mol. The second kappa shape index (κ2) is 8.65. The number of aryl methyl sites for hydroxylation is 2. The zero-order chi connectivity index (χ0) is 20.1. The van der Waals surface area contributed by atoms with Gasteiger partial charge in [0.05, 0.1) is 0 Å². The molecule has 4 nitrogen and oxygen atoms in total. The minimum atomic E-state index is 0.582. The fourth-order valence-electron chi connectivity index (χ4n) is 3.20. The summed E-state index contributed by atoms with van der Waals surface area (Å²) in [5, 5.41) is 3.34. The number of nitrogens with zero attached hydrogens (tertiary/aromatic N) is 3. The van der Waals surface area contributed by atoms with Crippen molar-refractivity contribution < 1.29 is 0 Å². The standard InChI is InChI=1S/C25H24N4/c1-18-11-13-21(14-12-18)17-24-27-23(16-20-8-4-3-5-9-20)28-25(29-24)26-22-10-6-7-19(2)15-22/h3-15H,16-17H2,1-2H3,(H,26,27,28,29). The third-order valence-electron chi connectivity index (χ3n) is 4.69. The van der Waals surface area contributed by atoms with Crippen LogP contribution in [0.1, 0.15) is 33.9 Å². The molecular formula is C25H24N4. The Kier molecular flexibility index (Phi) is 5.61. The summed E-state index contributed by atoms with van der Waals surface area (Å²) in [5.74, 6) is 2.12. The van der Waals surface area contributed by atoms with Crippen molar-refractivity contribution in [2.45, 2.75) is 26.7 Å². The van der Waals surface area contributed by atoms with E-state index in [-0.39, 0.29) is 0 Å². The van der Waals surface area contributed by atoms with Gasteiger partial charge in [-0.15, -0.1) is 0 Å². The van der Waals surface area contributed by atoms with Gasteiger partial charge in [0, 0.05) is 18.5 Å². The van der Waals surface area contributed by atoms with E-state index in [0.29, 0.717) is 18.8 Å². The lowest BCUT2D eigenvalue weighted by molar-refractivity contribution is 0.856. The molecule has 0 aliphatic heterocycles. The molecule has 144 valence electrons. The Morgan fingerprint density at radius 2 is 1.28 bits per heavy atom. The summed E-state index contributed by atoms with van der Waals surface area (Å²) in [6.45, 7) is 4.16. The Morgan fingerprint density at radius 3 is 1.93 bits per heavy atom. The Bertz CT molecular complexity index is 1090. The fraction of sp³-hybridized carbons (Fsp3) is 0.160. The van der Waals surface area contributed by atoms with Crippen molar-refractivity contribution in [1.82, 2.24) is 15.0 Å². The molecule has 0 atom stereocenters. The summed E-state index contributed by atoms with van der Waals surface area (Å²) in [4.78, 5) is 14.1. The van der Waals surface area contributed by atoms with Crippen molar-refractivity contribution in [2.24, 2.45) is 0 Å². The van der Waals surface area contributed by atoms with Crippen LogP contribution in [-0.4, -0.2) is 15.0 Å². The molecule has 0 saturated carbocycles. The summed E-state index contributed by atoms with van der Waals surface area (Å²) < 4.78 is 0. The molecule has 1 aromatic heterocycles. The number of hydrogen-bond donors (Lipinski definition) is 1. The van der Waals surface area contributed by atoms with Crippen LogP contribution in [-0.2, 0) is 12.8 Å². The smallest absolute Gasteiger partial charge is 0.230 e. The van der Waals surface area contributed by atoms with Gasteiger partial charge in [-0.1, -0.05) is 72.3 Å². The van der Waals surface area contributed by atoms with Crippen LogP contribution in [0.15, 0.2) is 78.9 Å². The van der Waals surface area contributed by atoms with Crippen molar-refractivity contribution >= 4 is 11.6 Å². The van der Waals surface area contributed by atoms with Crippen LogP contribution in [0.3, 0.4) is 0 Å². The van der Waals surface area contributed by atoms with E-state index in [1.807, 2.05) is 30.3 Å². The van der Waals surface area contributed by atoms with Crippen LogP contribution in [0.5, 0.6) is 0 Å². The van der Waals surface area contributed by atoms with Gasteiger partial charge < -0.3 is 5.32 Å². The number of benzene rings is 3. The molecule has 1 N–H and O–H groups in total. The molecule has 29 heavy (non-hydrogen) atoms. The lowest BCUT2D eigenvalue weighted by atomic mass is 10.1. The molecule has 0 spiro atoms. The molecule has 0 bridgehead atoms. The number of nitrogens with one attached hydrogen (secondary N) is 1. The molecule has 4 aromatic rings. The molecule has 0 aliphatic rings. The van der Waals surface area contributed by atoms with E-state index in [2.05, 4.69) is 77.7 Å². The van der Waals surface area contributed by atoms with Crippen LogP contribution < -0.4 is 5.32 Å². The van der Waals surface area contributed by atoms with Crippen molar-refractivity contribution in [2.75, 3.05) is 5.32 Å². The molecule has 3 aromatic carbocycles. The second-order valence-corrected chi connectivity index (χ2v) is 7.31. The van der Waals surface area contributed by atoms with Gasteiger partial charge in [-0.05, 0) is 42.7 Å². The summed E-state index contributed by atoms with van der Waals surface area (Å²) in [5.41, 5.74) is 5.78. The maximum absolute atomic E-state index is 4.74. The largest absolute Gasteiger partial charge is 0.324 e. The molecule has 4 rings (SSSR count). The number of anilines is 2. The van der Waals surface area contributed by atoms with E-state index >= 15 is 0 Å². The van der Waals surface area contributed by atoms with Crippen LogP contribution in [0.2, 0.25) is 0 Å². The van der Waals surface area contributed by atoms with Crippen LogP contribution in [0, 0.1) is 13.8 Å². The van der Waals surface area contributed by atoms with Gasteiger partial charge in [0.15, 0.2) is 0 Å². The highest BCUT2D eigenvalue weighted by atomic mass is 15.2. The van der Waals surface area contributed by atoms with Gasteiger partial charge in [-0.25, -0.2) is 4.98 Å². The zero-order valence-corrected chi connectivity index (χ0v) is 16.8. The van der Waals surface area contributed by atoms with Crippen LogP contribution in [0.4, 0.5) is 11.6 Å². The highest BCUT2D eigenvalue weighted by molar-refractivity contribution is 5.54. The van der Waals surface area contributed by atoms with Crippen molar-refractivity contribution in [3.63, 3.8) is 0 Å². The normalized spacial score (nSPS) is 10.7. The van der Waals surface area contributed by atoms with E-state index in [1.165, 1.54) is 22.3 Å². The Labute approximate surface area is 171 Å². The Morgan fingerprint density at radius 1 is 0.621 bits per heavy atom. The van der Waals surface area contributed by atoms with Gasteiger partial charge in [-0.2, -0.15) is 9.97 Å². The molecule has 0 unspecified atom stereocenters. The average Bonchev–Trinajstić information content (AvgIpc) is 2.70. The minimum Gasteiger partial charge on any atom is -0.324 e. The maximum atomic E-state index is 4.74. The van der Waals surface area contributed by atoms with Crippen molar-refractivity contribution in [3.05, 3.63) is 113 Å². The first-order chi connectivity index (χ1) is 14.1. The summed E-state index contributed by atoms with van der Waals surface area (Å²) in [7, 11) is 0. The van der Waals surface area contributed by atoms with Gasteiger partial charge >= 0.3 is 0 Å². The Hall–Kier alpha value is -3.53. The first kappa shape index (κ1) is 18.8. The molecule has 0 amide bonds. The topological polar surface area (TPSA) is 50.7 Å². The van der Waals surface area contributed by atoms with Gasteiger partial charge in [0.1, 0.15) is 11.6 Å². The van der Waals surface area contributed by atoms with Crippen molar-refractivity contribution in [1.29, 1.82) is 0 Å². The monoisotopic (exact) mass is 380 g/mol. The highest BCUT2D eigenvalue weighted by Gasteiger charge is 2.09. The van der Waals surface area contributed by atoms with Crippen LogP contribution >= 0.6 is 0 Å². The van der Waals surface area contributed by atoms with Gasteiger partial charge in [-0.3, -0.25) is 0 Å². The lowest BCUT2D eigenvalue weighted by Crippen LogP contribution is -2.09. The SMILES string of the molecule is Cc1ccc(Cc2nc(Cc3ccccc3)nc(Nc3cccc(C)c3)n2)cc1. The number of aromatic nitrogens is 3.